The van der Waals surface area contributed by atoms with Crippen LogP contribution in [0.5, 0.6) is 11.5 Å². The highest BCUT2D eigenvalue weighted by atomic mass is 79.9. The molecule has 2 aromatic carbocycles. The second kappa shape index (κ2) is 6.15. The van der Waals surface area contributed by atoms with Gasteiger partial charge in [-0.05, 0) is 36.4 Å². The standard InChI is InChI=1S/C17H13BrN2O2/c1-22-16-9-12(18)8-11(17(16)21)10-20-15-6-2-5-14-13(15)4-3-7-19-14/h2-10,21H,1H3. The number of hydrogen-bond donors (Lipinski definition) is 1. The number of aliphatic imine (C=N–C) groups is 1. The highest BCUT2D eigenvalue weighted by Gasteiger charge is 2.08. The van der Waals surface area contributed by atoms with Crippen molar-refractivity contribution in [2.75, 3.05) is 7.11 Å². The number of nitrogens with zero attached hydrogens (tertiary/aromatic N) is 2. The minimum absolute atomic E-state index is 0.0628. The SMILES string of the molecule is COc1cc(Br)cc(C=Nc2cccc3ncccc23)c1O. The molecule has 0 aliphatic rings. The van der Waals surface area contributed by atoms with Gasteiger partial charge in [0.25, 0.3) is 0 Å². The zero-order chi connectivity index (χ0) is 15.5. The molecule has 1 heterocycles. The molecule has 0 spiro atoms. The molecule has 1 N–H and O–H groups in total. The molecule has 0 aliphatic heterocycles. The number of phenolic OH excluding ortho intramolecular Hbond substituents is 1. The van der Waals surface area contributed by atoms with Crippen molar-refractivity contribution in [1.29, 1.82) is 0 Å². The van der Waals surface area contributed by atoms with Crippen LogP contribution in [0.2, 0.25) is 0 Å². The summed E-state index contributed by atoms with van der Waals surface area (Å²) < 4.78 is 5.95. The van der Waals surface area contributed by atoms with E-state index in [-0.39, 0.29) is 5.75 Å². The Balaban J connectivity index is 2.05. The van der Waals surface area contributed by atoms with Gasteiger partial charge in [0.15, 0.2) is 11.5 Å². The largest absolute Gasteiger partial charge is 0.504 e. The van der Waals surface area contributed by atoms with Gasteiger partial charge in [0.2, 0.25) is 0 Å². The Kier molecular flexibility index (Phi) is 4.06. The molecule has 0 unspecified atom stereocenters. The minimum atomic E-state index is 0.0628. The first-order valence-electron chi connectivity index (χ1n) is 6.63. The van der Waals surface area contributed by atoms with Gasteiger partial charge in [-0.1, -0.05) is 22.0 Å². The number of hydrogen-bond acceptors (Lipinski definition) is 4. The summed E-state index contributed by atoms with van der Waals surface area (Å²) in [6.45, 7) is 0. The third-order valence-electron chi connectivity index (χ3n) is 3.25. The van der Waals surface area contributed by atoms with Crippen molar-refractivity contribution in [3.05, 3.63) is 58.7 Å². The third-order valence-corrected chi connectivity index (χ3v) is 3.71. The lowest BCUT2D eigenvalue weighted by molar-refractivity contribution is 0.373. The van der Waals surface area contributed by atoms with E-state index in [2.05, 4.69) is 25.9 Å². The lowest BCUT2D eigenvalue weighted by atomic mass is 10.1. The quantitative estimate of drug-likeness (QED) is 0.704. The number of rotatable bonds is 3. The van der Waals surface area contributed by atoms with Crippen LogP contribution in [-0.4, -0.2) is 23.4 Å². The molecule has 5 heteroatoms. The molecule has 0 fully saturated rings. The van der Waals surface area contributed by atoms with E-state index in [1.807, 2.05) is 30.3 Å². The van der Waals surface area contributed by atoms with Crippen molar-refractivity contribution in [2.24, 2.45) is 4.99 Å². The Labute approximate surface area is 136 Å². The van der Waals surface area contributed by atoms with E-state index in [0.29, 0.717) is 11.3 Å². The van der Waals surface area contributed by atoms with E-state index in [9.17, 15) is 5.11 Å². The van der Waals surface area contributed by atoms with Gasteiger partial charge in [-0.3, -0.25) is 9.98 Å². The van der Waals surface area contributed by atoms with Crippen molar-refractivity contribution >= 4 is 38.7 Å². The van der Waals surface area contributed by atoms with Gasteiger partial charge in [0.1, 0.15) is 0 Å². The fraction of sp³-hybridized carbons (Fsp3) is 0.0588. The highest BCUT2D eigenvalue weighted by Crippen LogP contribution is 2.33. The van der Waals surface area contributed by atoms with Crippen molar-refractivity contribution in [2.45, 2.75) is 0 Å². The third kappa shape index (κ3) is 2.80. The summed E-state index contributed by atoms with van der Waals surface area (Å²) in [5.41, 5.74) is 2.25. The van der Waals surface area contributed by atoms with E-state index < -0.39 is 0 Å². The Morgan fingerprint density at radius 2 is 2.09 bits per heavy atom. The maximum absolute atomic E-state index is 10.2. The number of phenols is 1. The molecule has 1 aromatic heterocycles. The number of aromatic hydroxyl groups is 1. The average Bonchev–Trinajstić information content (AvgIpc) is 2.55. The minimum Gasteiger partial charge on any atom is -0.504 e. The number of methoxy groups -OCH3 is 1. The van der Waals surface area contributed by atoms with E-state index in [1.165, 1.54) is 7.11 Å². The van der Waals surface area contributed by atoms with Gasteiger partial charge in [0, 0.05) is 27.8 Å². The number of fused-ring (bicyclic) bond motifs is 1. The lowest BCUT2D eigenvalue weighted by Gasteiger charge is -2.07. The molecule has 0 radical (unpaired) electrons. The summed E-state index contributed by atoms with van der Waals surface area (Å²) in [6.07, 6.45) is 3.37. The lowest BCUT2D eigenvalue weighted by Crippen LogP contribution is -1.89. The van der Waals surface area contributed by atoms with Crippen LogP contribution in [0.1, 0.15) is 5.56 Å². The van der Waals surface area contributed by atoms with Crippen molar-refractivity contribution in [3.63, 3.8) is 0 Å². The first kappa shape index (κ1) is 14.5. The normalized spacial score (nSPS) is 11.2. The highest BCUT2D eigenvalue weighted by molar-refractivity contribution is 9.10. The molecule has 0 amide bonds. The topological polar surface area (TPSA) is 54.7 Å². The van der Waals surface area contributed by atoms with Crippen molar-refractivity contribution < 1.29 is 9.84 Å². The van der Waals surface area contributed by atoms with Crippen LogP contribution in [-0.2, 0) is 0 Å². The average molecular weight is 357 g/mol. The Bertz CT molecular complexity index is 857. The molecule has 0 saturated heterocycles. The molecule has 4 nitrogen and oxygen atoms in total. The number of benzene rings is 2. The second-order valence-corrected chi connectivity index (χ2v) is 5.57. The maximum Gasteiger partial charge on any atom is 0.166 e. The van der Waals surface area contributed by atoms with Crippen LogP contribution in [0.3, 0.4) is 0 Å². The summed E-state index contributed by atoms with van der Waals surface area (Å²) in [5.74, 6) is 0.461. The van der Waals surface area contributed by atoms with E-state index in [4.69, 9.17) is 4.74 Å². The molecule has 3 aromatic rings. The molecule has 0 saturated carbocycles. The van der Waals surface area contributed by atoms with E-state index in [1.54, 1.807) is 24.5 Å². The van der Waals surface area contributed by atoms with Gasteiger partial charge >= 0.3 is 0 Å². The van der Waals surface area contributed by atoms with E-state index >= 15 is 0 Å². The molecule has 22 heavy (non-hydrogen) atoms. The molecule has 0 aliphatic carbocycles. The summed E-state index contributed by atoms with van der Waals surface area (Å²) in [5, 5.41) is 11.1. The van der Waals surface area contributed by atoms with Gasteiger partial charge in [-0.2, -0.15) is 0 Å². The summed E-state index contributed by atoms with van der Waals surface area (Å²) in [4.78, 5) is 8.79. The monoisotopic (exact) mass is 356 g/mol. The van der Waals surface area contributed by atoms with Crippen LogP contribution < -0.4 is 4.74 Å². The molecule has 110 valence electrons. The predicted molar refractivity (Wildman–Crippen MR) is 91.4 cm³/mol. The molecule has 0 bridgehead atoms. The van der Waals surface area contributed by atoms with Gasteiger partial charge in [0.05, 0.1) is 18.3 Å². The summed E-state index contributed by atoms with van der Waals surface area (Å²) in [7, 11) is 1.51. The smallest absolute Gasteiger partial charge is 0.166 e. The maximum atomic E-state index is 10.2. The fourth-order valence-corrected chi connectivity index (χ4v) is 2.64. The Morgan fingerprint density at radius 1 is 1.23 bits per heavy atom. The number of halogens is 1. The van der Waals surface area contributed by atoms with Crippen molar-refractivity contribution in [1.82, 2.24) is 4.98 Å². The molecule has 3 rings (SSSR count). The molecule has 0 atom stereocenters. The van der Waals surface area contributed by atoms with Crippen LogP contribution in [0.25, 0.3) is 10.9 Å². The van der Waals surface area contributed by atoms with Gasteiger partial charge in [-0.25, -0.2) is 0 Å². The Morgan fingerprint density at radius 3 is 2.91 bits per heavy atom. The zero-order valence-electron chi connectivity index (χ0n) is 11.8. The Hall–Kier alpha value is -2.40. The number of aromatic nitrogens is 1. The van der Waals surface area contributed by atoms with Gasteiger partial charge < -0.3 is 9.84 Å². The molecular formula is C17H13BrN2O2. The van der Waals surface area contributed by atoms with Crippen molar-refractivity contribution in [3.8, 4) is 11.5 Å². The van der Waals surface area contributed by atoms with Crippen LogP contribution in [0.4, 0.5) is 5.69 Å². The van der Waals surface area contributed by atoms with Gasteiger partial charge in [-0.15, -0.1) is 0 Å². The van der Waals surface area contributed by atoms with Crippen LogP contribution >= 0.6 is 15.9 Å². The molecular weight excluding hydrogens is 344 g/mol. The second-order valence-electron chi connectivity index (χ2n) is 4.65. The first-order valence-corrected chi connectivity index (χ1v) is 7.42. The predicted octanol–water partition coefficient (Wildman–Crippen LogP) is 4.46. The zero-order valence-corrected chi connectivity index (χ0v) is 13.4. The fourth-order valence-electron chi connectivity index (χ4n) is 2.19. The van der Waals surface area contributed by atoms with Crippen LogP contribution in [0.15, 0.2) is 58.1 Å². The van der Waals surface area contributed by atoms with E-state index in [0.717, 1.165) is 21.1 Å². The van der Waals surface area contributed by atoms with Crippen LogP contribution in [0, 0.1) is 0 Å². The number of pyridine rings is 1. The summed E-state index contributed by atoms with van der Waals surface area (Å²) >= 11 is 3.39. The summed E-state index contributed by atoms with van der Waals surface area (Å²) in [6, 6.07) is 13.1. The first-order chi connectivity index (χ1) is 10.7. The number of ether oxygens (including phenoxy) is 1.